The maximum absolute atomic E-state index is 12.7. The Balaban J connectivity index is 1.92. The van der Waals surface area contributed by atoms with Gasteiger partial charge >= 0.3 is 0 Å². The Kier molecular flexibility index (Phi) is 5.94. The van der Waals surface area contributed by atoms with Crippen molar-refractivity contribution in [2.45, 2.75) is 17.7 Å². The predicted molar refractivity (Wildman–Crippen MR) is 107 cm³/mol. The lowest BCUT2D eigenvalue weighted by Crippen LogP contribution is -2.28. The number of nitrogens with zero attached hydrogens (tertiary/aromatic N) is 1. The second-order valence-corrected chi connectivity index (χ2v) is 9.39. The number of hydrogen-bond donors (Lipinski definition) is 1. The number of hydrogen-bond acceptors (Lipinski definition) is 3. The van der Waals surface area contributed by atoms with Gasteiger partial charge in [0, 0.05) is 17.6 Å². The van der Waals surface area contributed by atoms with Crippen molar-refractivity contribution in [3.63, 3.8) is 0 Å². The number of anilines is 1. The topological polar surface area (TPSA) is 66.5 Å². The fraction of sp³-hybridized carbons (Fsp3) is 0.235. The molecule has 0 unspecified atom stereocenters. The van der Waals surface area contributed by atoms with E-state index in [9.17, 15) is 13.2 Å². The van der Waals surface area contributed by atoms with Crippen molar-refractivity contribution >= 4 is 60.7 Å². The van der Waals surface area contributed by atoms with E-state index in [0.717, 1.165) is 12.8 Å². The summed E-state index contributed by atoms with van der Waals surface area (Å²) >= 11 is 15.3. The van der Waals surface area contributed by atoms with E-state index in [1.807, 2.05) is 0 Å². The van der Waals surface area contributed by atoms with Crippen LogP contribution in [-0.4, -0.2) is 31.7 Å². The van der Waals surface area contributed by atoms with Gasteiger partial charge in [-0.25, -0.2) is 8.42 Å². The summed E-state index contributed by atoms with van der Waals surface area (Å²) in [6, 6.07) is 9.29. The molecule has 3 rings (SSSR count). The first kappa shape index (κ1) is 19.6. The molecule has 1 fully saturated rings. The van der Waals surface area contributed by atoms with Gasteiger partial charge in [-0.1, -0.05) is 29.3 Å². The van der Waals surface area contributed by atoms with Crippen LogP contribution in [0, 0.1) is 0 Å². The molecule has 0 aliphatic carbocycles. The maximum Gasteiger partial charge on any atom is 0.256 e. The monoisotopic (exact) mass is 476 g/mol. The van der Waals surface area contributed by atoms with E-state index in [0.29, 0.717) is 28.3 Å². The van der Waals surface area contributed by atoms with Crippen molar-refractivity contribution in [3.8, 4) is 0 Å². The molecule has 1 aliphatic heterocycles. The van der Waals surface area contributed by atoms with Gasteiger partial charge in [0.1, 0.15) is 0 Å². The molecular formula is C17H15BrCl2N2O3S. The van der Waals surface area contributed by atoms with Crippen molar-refractivity contribution in [2.75, 3.05) is 18.4 Å². The van der Waals surface area contributed by atoms with Gasteiger partial charge in [0.15, 0.2) is 0 Å². The van der Waals surface area contributed by atoms with Crippen LogP contribution in [0.1, 0.15) is 23.2 Å². The minimum absolute atomic E-state index is 0.0879. The van der Waals surface area contributed by atoms with Gasteiger partial charge in [-0.05, 0) is 59.1 Å². The fourth-order valence-corrected chi connectivity index (χ4v) is 5.02. The summed E-state index contributed by atoms with van der Waals surface area (Å²) < 4.78 is 27.4. The van der Waals surface area contributed by atoms with Crippen LogP contribution in [0.5, 0.6) is 0 Å². The van der Waals surface area contributed by atoms with Crippen molar-refractivity contribution in [2.24, 2.45) is 0 Å². The molecule has 2 aromatic carbocycles. The Hall–Kier alpha value is -1.12. The van der Waals surface area contributed by atoms with Gasteiger partial charge in [-0.15, -0.1) is 0 Å². The highest BCUT2D eigenvalue weighted by molar-refractivity contribution is 9.10. The normalized spacial score (nSPS) is 15.2. The van der Waals surface area contributed by atoms with Crippen molar-refractivity contribution in [1.29, 1.82) is 0 Å². The van der Waals surface area contributed by atoms with E-state index in [1.54, 1.807) is 24.3 Å². The van der Waals surface area contributed by atoms with Crippen molar-refractivity contribution < 1.29 is 13.2 Å². The molecular weight excluding hydrogens is 463 g/mol. The number of carbonyl (C=O) groups is 1. The molecule has 0 aromatic heterocycles. The molecule has 26 heavy (non-hydrogen) atoms. The summed E-state index contributed by atoms with van der Waals surface area (Å²) in [5.74, 6) is -0.487. The van der Waals surface area contributed by atoms with Crippen LogP contribution in [0.4, 0.5) is 5.69 Å². The average Bonchev–Trinajstić information content (AvgIpc) is 3.14. The summed E-state index contributed by atoms with van der Waals surface area (Å²) in [5, 5.41) is 3.20. The first-order chi connectivity index (χ1) is 12.3. The lowest BCUT2D eigenvalue weighted by molar-refractivity contribution is 0.102. The summed E-state index contributed by atoms with van der Waals surface area (Å²) in [6.45, 7) is 0.996. The van der Waals surface area contributed by atoms with E-state index in [2.05, 4.69) is 21.2 Å². The molecule has 1 aliphatic rings. The number of benzene rings is 2. The van der Waals surface area contributed by atoms with Gasteiger partial charge in [0.05, 0.1) is 26.2 Å². The molecule has 2 aromatic rings. The van der Waals surface area contributed by atoms with Crippen LogP contribution < -0.4 is 5.32 Å². The molecule has 1 amide bonds. The van der Waals surface area contributed by atoms with Crippen molar-refractivity contribution in [1.82, 2.24) is 4.31 Å². The van der Waals surface area contributed by atoms with E-state index >= 15 is 0 Å². The van der Waals surface area contributed by atoms with E-state index in [1.165, 1.54) is 16.4 Å². The smallest absolute Gasteiger partial charge is 0.256 e. The van der Waals surface area contributed by atoms with E-state index in [-0.39, 0.29) is 15.5 Å². The Morgan fingerprint density at radius 2 is 1.81 bits per heavy atom. The lowest BCUT2D eigenvalue weighted by Gasteiger charge is -2.16. The highest BCUT2D eigenvalue weighted by atomic mass is 79.9. The Morgan fingerprint density at radius 1 is 1.12 bits per heavy atom. The van der Waals surface area contributed by atoms with Gasteiger partial charge in [0.25, 0.3) is 5.91 Å². The summed E-state index contributed by atoms with van der Waals surface area (Å²) in [7, 11) is -3.61. The van der Waals surface area contributed by atoms with Gasteiger partial charge in [-0.3, -0.25) is 4.79 Å². The number of amides is 1. The largest absolute Gasteiger partial charge is 0.321 e. The molecule has 0 saturated carbocycles. The standard InChI is InChI=1S/C17H15BrCl2N2O3S/c18-13-7-6-11(26(24,25)22-8-1-2-9-22)10-12(13)17(23)21-15-5-3-4-14(19)16(15)20/h3-7,10H,1-2,8-9H2,(H,21,23). The zero-order chi connectivity index (χ0) is 18.9. The highest BCUT2D eigenvalue weighted by Gasteiger charge is 2.28. The second kappa shape index (κ2) is 7.86. The molecule has 0 atom stereocenters. The van der Waals surface area contributed by atoms with Crippen LogP contribution in [0.25, 0.3) is 0 Å². The van der Waals surface area contributed by atoms with E-state index < -0.39 is 15.9 Å². The SMILES string of the molecule is O=C(Nc1cccc(Cl)c1Cl)c1cc(S(=O)(=O)N2CCCC2)ccc1Br. The first-order valence-corrected chi connectivity index (χ1v) is 10.8. The summed E-state index contributed by atoms with van der Waals surface area (Å²) in [5.41, 5.74) is 0.546. The van der Waals surface area contributed by atoms with Gasteiger partial charge < -0.3 is 5.32 Å². The summed E-state index contributed by atoms with van der Waals surface area (Å²) in [4.78, 5) is 12.7. The Labute approximate surface area is 170 Å². The van der Waals surface area contributed by atoms with Crippen LogP contribution in [0.3, 0.4) is 0 Å². The number of nitrogens with one attached hydrogen (secondary N) is 1. The van der Waals surface area contributed by atoms with Crippen LogP contribution in [-0.2, 0) is 10.0 Å². The van der Waals surface area contributed by atoms with Gasteiger partial charge in [0.2, 0.25) is 10.0 Å². The summed E-state index contributed by atoms with van der Waals surface area (Å²) in [6.07, 6.45) is 1.69. The molecule has 9 heteroatoms. The van der Waals surface area contributed by atoms with Crippen LogP contribution in [0.2, 0.25) is 10.0 Å². The van der Waals surface area contributed by atoms with Crippen LogP contribution >= 0.6 is 39.1 Å². The Morgan fingerprint density at radius 3 is 2.50 bits per heavy atom. The number of halogens is 3. The Bertz CT molecular complexity index is 960. The minimum Gasteiger partial charge on any atom is -0.321 e. The van der Waals surface area contributed by atoms with Crippen LogP contribution in [0.15, 0.2) is 45.8 Å². The molecule has 0 bridgehead atoms. The number of sulfonamides is 1. The molecule has 0 spiro atoms. The fourth-order valence-electron chi connectivity index (χ4n) is 2.71. The molecule has 5 nitrogen and oxygen atoms in total. The zero-order valence-corrected chi connectivity index (χ0v) is 17.4. The minimum atomic E-state index is -3.61. The number of rotatable bonds is 4. The highest BCUT2D eigenvalue weighted by Crippen LogP contribution is 2.31. The molecule has 1 saturated heterocycles. The maximum atomic E-state index is 12.7. The third kappa shape index (κ3) is 3.92. The third-order valence-electron chi connectivity index (χ3n) is 4.09. The quantitative estimate of drug-likeness (QED) is 0.688. The molecule has 1 heterocycles. The molecule has 0 radical (unpaired) electrons. The number of carbonyl (C=O) groups excluding carboxylic acids is 1. The molecule has 1 N–H and O–H groups in total. The predicted octanol–water partition coefficient (Wildman–Crippen LogP) is 4.79. The van der Waals surface area contributed by atoms with Gasteiger partial charge in [-0.2, -0.15) is 4.31 Å². The average molecular weight is 478 g/mol. The lowest BCUT2D eigenvalue weighted by atomic mass is 10.2. The second-order valence-electron chi connectivity index (χ2n) is 5.81. The first-order valence-electron chi connectivity index (χ1n) is 7.86. The van der Waals surface area contributed by atoms with Crippen molar-refractivity contribution in [3.05, 3.63) is 56.5 Å². The van der Waals surface area contributed by atoms with E-state index in [4.69, 9.17) is 23.2 Å². The molecule has 138 valence electrons. The third-order valence-corrected chi connectivity index (χ3v) is 7.49. The zero-order valence-electron chi connectivity index (χ0n) is 13.5.